The number of nitrogens with two attached hydrogens (primary N) is 1. The van der Waals surface area contributed by atoms with Gasteiger partial charge in [-0.15, -0.1) is 0 Å². The molecule has 2 aromatic rings. The lowest BCUT2D eigenvalue weighted by molar-refractivity contribution is -0.199. The van der Waals surface area contributed by atoms with Crippen molar-refractivity contribution in [2.75, 3.05) is 26.7 Å². The van der Waals surface area contributed by atoms with Crippen molar-refractivity contribution >= 4 is 0 Å². The quantitative estimate of drug-likeness (QED) is 0.872. The highest BCUT2D eigenvalue weighted by Gasteiger charge is 2.46. The Morgan fingerprint density at radius 3 is 2.81 bits per heavy atom. The number of benzene rings is 1. The van der Waals surface area contributed by atoms with E-state index in [1.165, 1.54) is 0 Å². The van der Waals surface area contributed by atoms with Gasteiger partial charge < -0.3 is 15.0 Å². The van der Waals surface area contributed by atoms with Gasteiger partial charge in [0.1, 0.15) is 5.75 Å². The molecule has 1 aliphatic heterocycles. The number of rotatable bonds is 5. The molecule has 9 heteroatoms. The highest BCUT2D eigenvalue weighted by atomic mass is 19.4. The van der Waals surface area contributed by atoms with Gasteiger partial charge in [0.25, 0.3) is 5.89 Å². The van der Waals surface area contributed by atoms with Crippen LogP contribution < -0.4 is 10.5 Å². The molecule has 26 heavy (non-hydrogen) atoms. The standard InChI is InChI=1S/C17H21F3N4O2/c1-25-14-5-3-2-4-12(14)16-22-15(23-26-16)10-24-7-6-13(17(18,19)20)11(8-21)9-24/h2-5,11,13H,6-10,21H2,1H3. The van der Waals surface area contributed by atoms with Crippen LogP contribution in [0.15, 0.2) is 28.8 Å². The molecule has 0 bridgehead atoms. The zero-order chi connectivity index (χ0) is 18.7. The molecule has 0 amide bonds. The van der Waals surface area contributed by atoms with Gasteiger partial charge >= 0.3 is 6.18 Å². The van der Waals surface area contributed by atoms with Gasteiger partial charge in [-0.25, -0.2) is 0 Å². The minimum absolute atomic E-state index is 0.000610. The van der Waals surface area contributed by atoms with E-state index in [0.717, 1.165) is 0 Å². The molecule has 1 aromatic carbocycles. The van der Waals surface area contributed by atoms with E-state index >= 15 is 0 Å². The Kier molecular flexibility index (Phi) is 5.47. The molecule has 1 saturated heterocycles. The summed E-state index contributed by atoms with van der Waals surface area (Å²) in [7, 11) is 1.55. The second kappa shape index (κ2) is 7.63. The first-order chi connectivity index (χ1) is 12.4. The molecule has 0 radical (unpaired) electrons. The maximum absolute atomic E-state index is 13.1. The van der Waals surface area contributed by atoms with Gasteiger partial charge in [-0.3, -0.25) is 4.90 Å². The van der Waals surface area contributed by atoms with Gasteiger partial charge in [-0.1, -0.05) is 17.3 Å². The smallest absolute Gasteiger partial charge is 0.392 e. The number of alkyl halides is 3. The van der Waals surface area contributed by atoms with Crippen LogP contribution in [0.5, 0.6) is 5.75 Å². The Hall–Kier alpha value is -2.13. The van der Waals surface area contributed by atoms with Crippen LogP contribution >= 0.6 is 0 Å². The minimum atomic E-state index is -4.21. The van der Waals surface area contributed by atoms with Crippen LogP contribution in [0.25, 0.3) is 11.5 Å². The van der Waals surface area contributed by atoms with Gasteiger partial charge in [-0.2, -0.15) is 18.2 Å². The van der Waals surface area contributed by atoms with E-state index in [-0.39, 0.29) is 19.5 Å². The molecule has 6 nitrogen and oxygen atoms in total. The highest BCUT2D eigenvalue weighted by molar-refractivity contribution is 5.62. The van der Waals surface area contributed by atoms with Crippen molar-refractivity contribution in [3.63, 3.8) is 0 Å². The maximum atomic E-state index is 13.1. The van der Waals surface area contributed by atoms with Crippen LogP contribution in [-0.2, 0) is 6.54 Å². The van der Waals surface area contributed by atoms with E-state index in [9.17, 15) is 13.2 Å². The average molecular weight is 370 g/mol. The Morgan fingerprint density at radius 2 is 2.12 bits per heavy atom. The van der Waals surface area contributed by atoms with E-state index < -0.39 is 18.0 Å². The number of methoxy groups -OCH3 is 1. The summed E-state index contributed by atoms with van der Waals surface area (Å²) in [5.41, 5.74) is 6.24. The molecule has 3 rings (SSSR count). The van der Waals surface area contributed by atoms with Crippen LogP contribution in [0.1, 0.15) is 12.2 Å². The van der Waals surface area contributed by atoms with Crippen molar-refractivity contribution in [1.82, 2.24) is 15.0 Å². The number of piperidine rings is 1. The van der Waals surface area contributed by atoms with Crippen molar-refractivity contribution < 1.29 is 22.4 Å². The summed E-state index contributed by atoms with van der Waals surface area (Å²) in [4.78, 5) is 6.23. The van der Waals surface area contributed by atoms with Crippen molar-refractivity contribution in [3.8, 4) is 17.2 Å². The molecule has 2 N–H and O–H groups in total. The second-order valence-electron chi connectivity index (χ2n) is 6.38. The fraction of sp³-hybridized carbons (Fsp3) is 0.529. The molecule has 1 aliphatic rings. The van der Waals surface area contributed by atoms with Crippen molar-refractivity contribution in [3.05, 3.63) is 30.1 Å². The van der Waals surface area contributed by atoms with Gasteiger partial charge in [0.05, 0.1) is 25.1 Å². The number of aromatic nitrogens is 2. The Bertz CT molecular complexity index is 735. The lowest BCUT2D eigenvalue weighted by Crippen LogP contribution is -2.48. The first kappa shape index (κ1) is 18.7. The van der Waals surface area contributed by atoms with Gasteiger partial charge in [-0.05, 0) is 37.6 Å². The molecule has 1 fully saturated rings. The largest absolute Gasteiger partial charge is 0.496 e. The third kappa shape index (κ3) is 3.99. The number of para-hydroxylation sites is 1. The molecule has 0 saturated carbocycles. The van der Waals surface area contributed by atoms with E-state index in [0.29, 0.717) is 36.1 Å². The zero-order valence-electron chi connectivity index (χ0n) is 14.4. The number of nitrogens with zero attached hydrogens (tertiary/aromatic N) is 3. The van der Waals surface area contributed by atoms with Gasteiger partial charge in [0.15, 0.2) is 5.82 Å². The summed E-state index contributed by atoms with van der Waals surface area (Å²) in [5, 5.41) is 3.94. The van der Waals surface area contributed by atoms with Crippen molar-refractivity contribution in [2.24, 2.45) is 17.6 Å². The lowest BCUT2D eigenvalue weighted by Gasteiger charge is -2.38. The SMILES string of the molecule is COc1ccccc1-c1nc(CN2CCC(C(F)(F)F)C(CN)C2)no1. The number of hydrogen-bond donors (Lipinski definition) is 1. The first-order valence-electron chi connectivity index (χ1n) is 8.37. The molecule has 0 spiro atoms. The average Bonchev–Trinajstić information content (AvgIpc) is 3.08. The Balaban J connectivity index is 1.68. The molecular weight excluding hydrogens is 349 g/mol. The lowest BCUT2D eigenvalue weighted by atomic mass is 9.85. The minimum Gasteiger partial charge on any atom is -0.496 e. The van der Waals surface area contributed by atoms with E-state index in [1.807, 2.05) is 17.0 Å². The summed E-state index contributed by atoms with van der Waals surface area (Å²) in [5.74, 6) is -0.621. The molecule has 2 heterocycles. The van der Waals surface area contributed by atoms with Crippen LogP contribution in [0.3, 0.4) is 0 Å². The Labute approximate surface area is 149 Å². The summed E-state index contributed by atoms with van der Waals surface area (Å²) in [6, 6.07) is 7.25. The molecule has 1 aromatic heterocycles. The van der Waals surface area contributed by atoms with Gasteiger partial charge in [0.2, 0.25) is 0 Å². The molecule has 2 unspecified atom stereocenters. The number of halogens is 3. The third-order valence-corrected chi connectivity index (χ3v) is 4.71. The maximum Gasteiger partial charge on any atom is 0.392 e. The van der Waals surface area contributed by atoms with Crippen LogP contribution in [0.2, 0.25) is 0 Å². The zero-order valence-corrected chi connectivity index (χ0v) is 14.4. The Morgan fingerprint density at radius 1 is 1.35 bits per heavy atom. The van der Waals surface area contributed by atoms with Gasteiger partial charge in [0, 0.05) is 6.54 Å². The predicted octanol–water partition coefficient (Wildman–Crippen LogP) is 2.70. The molecule has 142 valence electrons. The normalized spacial score (nSPS) is 21.7. The van der Waals surface area contributed by atoms with Crippen molar-refractivity contribution in [2.45, 2.75) is 19.1 Å². The number of hydrogen-bond acceptors (Lipinski definition) is 6. The first-order valence-corrected chi connectivity index (χ1v) is 8.37. The van der Waals surface area contributed by atoms with E-state index in [4.69, 9.17) is 15.0 Å². The topological polar surface area (TPSA) is 77.4 Å². The van der Waals surface area contributed by atoms with Crippen LogP contribution in [-0.4, -0.2) is 48.0 Å². The van der Waals surface area contributed by atoms with E-state index in [2.05, 4.69) is 10.1 Å². The predicted molar refractivity (Wildman–Crippen MR) is 88.3 cm³/mol. The summed E-state index contributed by atoms with van der Waals surface area (Å²) in [6.45, 7) is 0.900. The summed E-state index contributed by atoms with van der Waals surface area (Å²) in [6.07, 6.45) is -4.18. The fourth-order valence-electron chi connectivity index (χ4n) is 3.37. The molecule has 0 aliphatic carbocycles. The highest BCUT2D eigenvalue weighted by Crippen LogP contribution is 2.37. The number of ether oxygens (including phenoxy) is 1. The summed E-state index contributed by atoms with van der Waals surface area (Å²) >= 11 is 0. The molecule has 2 atom stereocenters. The van der Waals surface area contributed by atoms with E-state index in [1.54, 1.807) is 19.2 Å². The number of likely N-dealkylation sites (tertiary alicyclic amines) is 1. The fourth-order valence-corrected chi connectivity index (χ4v) is 3.37. The van der Waals surface area contributed by atoms with Crippen LogP contribution in [0, 0.1) is 11.8 Å². The van der Waals surface area contributed by atoms with Crippen molar-refractivity contribution in [1.29, 1.82) is 0 Å². The molecular formula is C17H21F3N4O2. The monoisotopic (exact) mass is 370 g/mol. The third-order valence-electron chi connectivity index (χ3n) is 4.71. The second-order valence-corrected chi connectivity index (χ2v) is 6.38. The summed E-state index contributed by atoms with van der Waals surface area (Å²) < 4.78 is 49.8. The van der Waals surface area contributed by atoms with Crippen LogP contribution in [0.4, 0.5) is 13.2 Å².